The van der Waals surface area contributed by atoms with Gasteiger partial charge in [-0.2, -0.15) is 13.2 Å². The molecule has 2 bridgehead atoms. The first-order valence-corrected chi connectivity index (χ1v) is 5.77. The van der Waals surface area contributed by atoms with E-state index in [0.717, 1.165) is 18.8 Å². The van der Waals surface area contributed by atoms with Gasteiger partial charge in [0.25, 0.3) is 0 Å². The van der Waals surface area contributed by atoms with Gasteiger partial charge in [-0.15, -0.1) is 0 Å². The van der Waals surface area contributed by atoms with Crippen LogP contribution < -0.4 is 5.32 Å². The summed E-state index contributed by atoms with van der Waals surface area (Å²) < 4.78 is 35.6. The quantitative estimate of drug-likeness (QED) is 0.800. The lowest BCUT2D eigenvalue weighted by Gasteiger charge is -2.21. The third kappa shape index (κ3) is 2.89. The van der Waals surface area contributed by atoms with Crippen molar-refractivity contribution in [2.75, 3.05) is 6.54 Å². The fourth-order valence-corrected chi connectivity index (χ4v) is 3.14. The van der Waals surface area contributed by atoms with Crippen molar-refractivity contribution in [1.29, 1.82) is 0 Å². The predicted octanol–water partition coefficient (Wildman–Crippen LogP) is 2.49. The number of alkyl halides is 3. The number of carbonyl (C=O) groups is 1. The Kier molecular flexibility index (Phi) is 3.13. The highest BCUT2D eigenvalue weighted by Gasteiger charge is 2.40. The lowest BCUT2D eigenvalue weighted by molar-refractivity contribution is -0.139. The summed E-state index contributed by atoms with van der Waals surface area (Å²) in [5, 5.41) is 1.95. The predicted molar refractivity (Wildman–Crippen MR) is 52.6 cm³/mol. The van der Waals surface area contributed by atoms with E-state index in [1.54, 1.807) is 0 Å². The summed E-state index contributed by atoms with van der Waals surface area (Å²) in [5.74, 6) is 1.19. The van der Waals surface area contributed by atoms with E-state index in [9.17, 15) is 18.0 Å². The molecule has 5 heteroatoms. The number of hydrogen-bond donors (Lipinski definition) is 1. The van der Waals surface area contributed by atoms with Crippen LogP contribution in [0.25, 0.3) is 0 Å². The molecular weight excluding hydrogens is 219 g/mol. The summed E-state index contributed by atoms with van der Waals surface area (Å²) in [7, 11) is 0. The van der Waals surface area contributed by atoms with Crippen molar-refractivity contribution in [2.45, 2.75) is 38.3 Å². The molecule has 16 heavy (non-hydrogen) atoms. The van der Waals surface area contributed by atoms with Crippen LogP contribution in [-0.2, 0) is 4.79 Å². The Morgan fingerprint density at radius 1 is 1.25 bits per heavy atom. The van der Waals surface area contributed by atoms with E-state index in [0.29, 0.717) is 11.8 Å². The van der Waals surface area contributed by atoms with Gasteiger partial charge in [0.15, 0.2) is 0 Å². The number of nitrogens with one attached hydrogen (secondary N) is 1. The molecule has 2 fully saturated rings. The van der Waals surface area contributed by atoms with Crippen LogP contribution in [0, 0.1) is 17.8 Å². The summed E-state index contributed by atoms with van der Waals surface area (Å²) in [6, 6.07) is 0. The molecule has 0 aromatic carbocycles. The van der Waals surface area contributed by atoms with Crippen molar-refractivity contribution in [3.63, 3.8) is 0 Å². The average Bonchev–Trinajstić information content (AvgIpc) is 2.75. The molecule has 0 aliphatic heterocycles. The highest BCUT2D eigenvalue weighted by molar-refractivity contribution is 5.76. The maximum atomic E-state index is 11.9. The molecule has 0 unspecified atom stereocenters. The summed E-state index contributed by atoms with van der Waals surface area (Å²) >= 11 is 0. The summed E-state index contributed by atoms with van der Waals surface area (Å²) in [4.78, 5) is 11.3. The summed E-state index contributed by atoms with van der Waals surface area (Å²) in [5.41, 5.74) is 0. The molecule has 2 aliphatic rings. The zero-order valence-electron chi connectivity index (χ0n) is 9.02. The molecule has 92 valence electrons. The van der Waals surface area contributed by atoms with Crippen molar-refractivity contribution in [3.05, 3.63) is 0 Å². The van der Waals surface area contributed by atoms with Crippen LogP contribution >= 0.6 is 0 Å². The first-order chi connectivity index (χ1) is 7.44. The zero-order chi connectivity index (χ0) is 11.8. The Morgan fingerprint density at radius 2 is 2.00 bits per heavy atom. The van der Waals surface area contributed by atoms with E-state index in [1.807, 2.05) is 5.32 Å². The van der Waals surface area contributed by atoms with Crippen LogP contribution in [0.4, 0.5) is 13.2 Å². The van der Waals surface area contributed by atoms with Crippen molar-refractivity contribution >= 4 is 5.91 Å². The number of carbonyl (C=O) groups excluding carboxylic acids is 1. The number of halogens is 3. The third-order valence-electron chi connectivity index (χ3n) is 3.82. The largest absolute Gasteiger partial charge is 0.405 e. The first kappa shape index (κ1) is 11.7. The first-order valence-electron chi connectivity index (χ1n) is 5.77. The highest BCUT2D eigenvalue weighted by atomic mass is 19.4. The molecule has 0 spiro atoms. The second-order valence-corrected chi connectivity index (χ2v) is 5.03. The lowest BCUT2D eigenvalue weighted by atomic mass is 9.86. The SMILES string of the molecule is O=C(C[C@H]1C[C@H]2CC[C@H]1C2)NCC(F)(F)F. The van der Waals surface area contributed by atoms with Gasteiger partial charge in [-0.05, 0) is 37.0 Å². The van der Waals surface area contributed by atoms with Crippen LogP contribution in [0.1, 0.15) is 32.1 Å². The zero-order valence-corrected chi connectivity index (χ0v) is 9.02. The minimum atomic E-state index is -4.30. The smallest absolute Gasteiger partial charge is 0.347 e. The van der Waals surface area contributed by atoms with Crippen LogP contribution in [-0.4, -0.2) is 18.6 Å². The minimum Gasteiger partial charge on any atom is -0.347 e. The van der Waals surface area contributed by atoms with E-state index in [-0.39, 0.29) is 6.42 Å². The third-order valence-corrected chi connectivity index (χ3v) is 3.82. The van der Waals surface area contributed by atoms with Gasteiger partial charge in [0.1, 0.15) is 6.54 Å². The molecule has 3 atom stereocenters. The van der Waals surface area contributed by atoms with Crippen molar-refractivity contribution in [1.82, 2.24) is 5.32 Å². The molecule has 2 aliphatic carbocycles. The van der Waals surface area contributed by atoms with Crippen LogP contribution in [0.5, 0.6) is 0 Å². The second-order valence-electron chi connectivity index (χ2n) is 5.03. The molecule has 0 aromatic rings. The van der Waals surface area contributed by atoms with Gasteiger partial charge in [-0.3, -0.25) is 4.79 Å². The van der Waals surface area contributed by atoms with Crippen LogP contribution in [0.2, 0.25) is 0 Å². The Morgan fingerprint density at radius 3 is 2.50 bits per heavy atom. The van der Waals surface area contributed by atoms with Crippen LogP contribution in [0.15, 0.2) is 0 Å². The molecule has 0 aromatic heterocycles. The molecule has 2 nitrogen and oxygen atoms in total. The highest BCUT2D eigenvalue weighted by Crippen LogP contribution is 2.49. The van der Waals surface area contributed by atoms with Gasteiger partial charge in [0.2, 0.25) is 5.91 Å². The van der Waals surface area contributed by atoms with E-state index in [2.05, 4.69) is 0 Å². The summed E-state index contributed by atoms with van der Waals surface area (Å²) in [6.07, 6.45) is 0.579. The Bertz CT molecular complexity index is 277. The van der Waals surface area contributed by atoms with Gasteiger partial charge >= 0.3 is 6.18 Å². The Labute approximate surface area is 92.6 Å². The topological polar surface area (TPSA) is 29.1 Å². The van der Waals surface area contributed by atoms with E-state index >= 15 is 0 Å². The molecule has 1 amide bonds. The normalized spacial score (nSPS) is 33.1. The molecule has 1 N–H and O–H groups in total. The monoisotopic (exact) mass is 235 g/mol. The van der Waals surface area contributed by atoms with Gasteiger partial charge in [0, 0.05) is 6.42 Å². The van der Waals surface area contributed by atoms with Crippen molar-refractivity contribution < 1.29 is 18.0 Å². The van der Waals surface area contributed by atoms with Crippen LogP contribution in [0.3, 0.4) is 0 Å². The number of hydrogen-bond acceptors (Lipinski definition) is 1. The number of fused-ring (bicyclic) bond motifs is 2. The molecule has 0 saturated heterocycles. The van der Waals surface area contributed by atoms with Crippen molar-refractivity contribution in [3.8, 4) is 0 Å². The fraction of sp³-hybridized carbons (Fsp3) is 0.909. The maximum Gasteiger partial charge on any atom is 0.405 e. The van der Waals surface area contributed by atoms with Crippen molar-refractivity contribution in [2.24, 2.45) is 17.8 Å². The molecule has 0 heterocycles. The molecule has 0 radical (unpaired) electrons. The minimum absolute atomic E-state index is 0.275. The van der Waals surface area contributed by atoms with Gasteiger partial charge in [0.05, 0.1) is 0 Å². The Balaban J connectivity index is 1.72. The maximum absolute atomic E-state index is 11.9. The van der Waals surface area contributed by atoms with E-state index in [4.69, 9.17) is 0 Å². The molecule has 2 saturated carbocycles. The van der Waals surface area contributed by atoms with E-state index in [1.165, 1.54) is 12.8 Å². The van der Waals surface area contributed by atoms with Gasteiger partial charge in [-0.1, -0.05) is 6.42 Å². The fourth-order valence-electron chi connectivity index (χ4n) is 3.14. The Hall–Kier alpha value is -0.740. The van der Waals surface area contributed by atoms with E-state index < -0.39 is 18.6 Å². The lowest BCUT2D eigenvalue weighted by Crippen LogP contribution is -2.35. The number of amides is 1. The van der Waals surface area contributed by atoms with Gasteiger partial charge in [-0.25, -0.2) is 0 Å². The average molecular weight is 235 g/mol. The molecule has 2 rings (SSSR count). The molecular formula is C11H16F3NO. The standard InChI is InChI=1S/C11H16F3NO/c12-11(13,14)6-15-10(16)5-9-4-7-1-2-8(9)3-7/h7-9H,1-6H2,(H,15,16)/t7-,8-,9+/m0/s1. The number of rotatable bonds is 3. The summed E-state index contributed by atoms with van der Waals surface area (Å²) in [6.45, 7) is -1.20. The second kappa shape index (κ2) is 4.26. The van der Waals surface area contributed by atoms with Gasteiger partial charge < -0.3 is 5.32 Å².